The van der Waals surface area contributed by atoms with Crippen molar-refractivity contribution in [1.82, 2.24) is 4.90 Å². The Labute approximate surface area is 142 Å². The van der Waals surface area contributed by atoms with Crippen molar-refractivity contribution in [2.75, 3.05) is 20.8 Å². The highest BCUT2D eigenvalue weighted by Crippen LogP contribution is 2.33. The Morgan fingerprint density at radius 2 is 1.71 bits per heavy atom. The molecule has 0 spiro atoms. The summed E-state index contributed by atoms with van der Waals surface area (Å²) < 4.78 is 10.7. The largest absolute Gasteiger partial charge is 0.493 e. The summed E-state index contributed by atoms with van der Waals surface area (Å²) in [7, 11) is 3.24. The molecule has 0 saturated heterocycles. The van der Waals surface area contributed by atoms with Crippen LogP contribution in [-0.2, 0) is 17.8 Å². The Morgan fingerprint density at radius 1 is 1.08 bits per heavy atom. The van der Waals surface area contributed by atoms with Gasteiger partial charge in [0.1, 0.15) is 6.04 Å². The number of carbonyl (C=O) groups excluding carboxylic acids is 1. The van der Waals surface area contributed by atoms with E-state index in [4.69, 9.17) is 15.2 Å². The van der Waals surface area contributed by atoms with Gasteiger partial charge in [-0.05, 0) is 35.2 Å². The molecule has 126 valence electrons. The van der Waals surface area contributed by atoms with Crippen molar-refractivity contribution >= 4 is 5.91 Å². The predicted molar refractivity (Wildman–Crippen MR) is 92.0 cm³/mol. The van der Waals surface area contributed by atoms with Crippen LogP contribution in [0.5, 0.6) is 11.5 Å². The fraction of sp³-hybridized carbons (Fsp3) is 0.316. The Balaban J connectivity index is 1.80. The lowest BCUT2D eigenvalue weighted by molar-refractivity contribution is -0.133. The molecule has 1 aliphatic heterocycles. The molecule has 0 fully saturated rings. The van der Waals surface area contributed by atoms with Gasteiger partial charge in [0.2, 0.25) is 5.91 Å². The maximum Gasteiger partial charge on any atom is 0.244 e. The number of nitrogens with zero attached hydrogens (tertiary/aromatic N) is 1. The van der Waals surface area contributed by atoms with E-state index in [1.807, 2.05) is 47.4 Å². The molecule has 1 aliphatic rings. The lowest BCUT2D eigenvalue weighted by Gasteiger charge is -2.31. The van der Waals surface area contributed by atoms with E-state index in [1.54, 1.807) is 14.2 Å². The standard InChI is InChI=1S/C19H22N2O3/c1-23-16-10-14-8-9-21(12-15(14)11-17(16)24-2)19(22)18(20)13-6-4-3-5-7-13/h3-7,10-11,18H,8-9,12,20H2,1-2H3/t18-/m0/s1. The number of fused-ring (bicyclic) bond motifs is 1. The minimum Gasteiger partial charge on any atom is -0.493 e. The molecule has 0 aliphatic carbocycles. The number of benzene rings is 2. The maximum atomic E-state index is 12.7. The second-order valence-corrected chi connectivity index (χ2v) is 5.87. The summed E-state index contributed by atoms with van der Waals surface area (Å²) in [6, 6.07) is 12.8. The van der Waals surface area contributed by atoms with Crippen LogP contribution in [0, 0.1) is 0 Å². The molecule has 1 heterocycles. The zero-order chi connectivity index (χ0) is 17.1. The van der Waals surface area contributed by atoms with Crippen LogP contribution in [0.15, 0.2) is 42.5 Å². The lowest BCUT2D eigenvalue weighted by atomic mass is 9.97. The Morgan fingerprint density at radius 3 is 2.33 bits per heavy atom. The van der Waals surface area contributed by atoms with Crippen molar-refractivity contribution in [2.45, 2.75) is 19.0 Å². The first-order chi connectivity index (χ1) is 11.6. The molecular formula is C19H22N2O3. The molecule has 2 aromatic carbocycles. The number of nitrogens with two attached hydrogens (primary N) is 1. The fourth-order valence-corrected chi connectivity index (χ4v) is 3.07. The van der Waals surface area contributed by atoms with Gasteiger partial charge in [0.15, 0.2) is 11.5 Å². The van der Waals surface area contributed by atoms with E-state index in [2.05, 4.69) is 0 Å². The smallest absolute Gasteiger partial charge is 0.244 e. The van der Waals surface area contributed by atoms with Crippen LogP contribution in [0.1, 0.15) is 22.7 Å². The van der Waals surface area contributed by atoms with E-state index in [0.717, 1.165) is 23.3 Å². The highest BCUT2D eigenvalue weighted by atomic mass is 16.5. The molecule has 0 aromatic heterocycles. The minimum atomic E-state index is -0.632. The molecule has 0 bridgehead atoms. The normalized spacial score (nSPS) is 14.7. The first-order valence-corrected chi connectivity index (χ1v) is 7.97. The molecule has 0 saturated carbocycles. The molecule has 5 nitrogen and oxygen atoms in total. The third kappa shape index (κ3) is 3.08. The second kappa shape index (κ2) is 6.93. The van der Waals surface area contributed by atoms with Gasteiger partial charge in [0.25, 0.3) is 0 Å². The third-order valence-corrected chi connectivity index (χ3v) is 4.45. The summed E-state index contributed by atoms with van der Waals surface area (Å²) in [5, 5.41) is 0. The van der Waals surface area contributed by atoms with E-state index in [9.17, 15) is 4.79 Å². The number of carbonyl (C=O) groups is 1. The number of hydrogen-bond donors (Lipinski definition) is 1. The van der Waals surface area contributed by atoms with Gasteiger partial charge in [-0.2, -0.15) is 0 Å². The first-order valence-electron chi connectivity index (χ1n) is 7.97. The van der Waals surface area contributed by atoms with Gasteiger partial charge in [-0.15, -0.1) is 0 Å². The van der Waals surface area contributed by atoms with Crippen molar-refractivity contribution in [3.8, 4) is 11.5 Å². The SMILES string of the molecule is COc1cc2c(cc1OC)CN(C(=O)[C@@H](N)c1ccccc1)CC2. The molecule has 5 heteroatoms. The Hall–Kier alpha value is -2.53. The predicted octanol–water partition coefficient (Wildman–Crippen LogP) is 2.29. The summed E-state index contributed by atoms with van der Waals surface area (Å²) in [6.07, 6.45) is 0.781. The van der Waals surface area contributed by atoms with Crippen molar-refractivity contribution in [3.63, 3.8) is 0 Å². The van der Waals surface area contributed by atoms with Gasteiger partial charge in [-0.1, -0.05) is 30.3 Å². The van der Waals surface area contributed by atoms with E-state index in [1.165, 1.54) is 5.56 Å². The average Bonchev–Trinajstić information content (AvgIpc) is 2.65. The molecule has 0 radical (unpaired) electrons. The molecule has 3 rings (SSSR count). The molecule has 1 atom stereocenters. The van der Waals surface area contributed by atoms with Crippen molar-refractivity contribution in [1.29, 1.82) is 0 Å². The minimum absolute atomic E-state index is 0.0540. The van der Waals surface area contributed by atoms with Crippen molar-refractivity contribution in [3.05, 3.63) is 59.2 Å². The average molecular weight is 326 g/mol. The van der Waals surface area contributed by atoms with Crippen LogP contribution in [0.2, 0.25) is 0 Å². The van der Waals surface area contributed by atoms with Gasteiger partial charge in [-0.3, -0.25) is 4.79 Å². The molecule has 1 amide bonds. The number of rotatable bonds is 4. The lowest BCUT2D eigenvalue weighted by Crippen LogP contribution is -2.41. The Bertz CT molecular complexity index is 731. The molecule has 2 aromatic rings. The number of ether oxygens (including phenoxy) is 2. The monoisotopic (exact) mass is 326 g/mol. The van der Waals surface area contributed by atoms with Gasteiger partial charge in [-0.25, -0.2) is 0 Å². The topological polar surface area (TPSA) is 64.8 Å². The second-order valence-electron chi connectivity index (χ2n) is 5.87. The molecule has 24 heavy (non-hydrogen) atoms. The summed E-state index contributed by atoms with van der Waals surface area (Å²) in [6.45, 7) is 1.19. The number of hydrogen-bond acceptors (Lipinski definition) is 4. The van der Waals surface area contributed by atoms with Crippen LogP contribution in [0.4, 0.5) is 0 Å². The molecule has 2 N–H and O–H groups in total. The highest BCUT2D eigenvalue weighted by Gasteiger charge is 2.27. The zero-order valence-electron chi connectivity index (χ0n) is 14.0. The van der Waals surface area contributed by atoms with E-state index >= 15 is 0 Å². The van der Waals surface area contributed by atoms with Crippen molar-refractivity contribution in [2.24, 2.45) is 5.73 Å². The zero-order valence-corrected chi connectivity index (χ0v) is 14.0. The van der Waals surface area contributed by atoms with Gasteiger partial charge in [0.05, 0.1) is 14.2 Å². The van der Waals surface area contributed by atoms with E-state index in [0.29, 0.717) is 18.8 Å². The molecule has 0 unspecified atom stereocenters. The van der Waals surface area contributed by atoms with Gasteiger partial charge >= 0.3 is 0 Å². The van der Waals surface area contributed by atoms with E-state index in [-0.39, 0.29) is 5.91 Å². The van der Waals surface area contributed by atoms with Crippen LogP contribution < -0.4 is 15.2 Å². The molecular weight excluding hydrogens is 304 g/mol. The summed E-state index contributed by atoms with van der Waals surface area (Å²) in [4.78, 5) is 14.5. The van der Waals surface area contributed by atoms with E-state index < -0.39 is 6.04 Å². The maximum absolute atomic E-state index is 12.7. The summed E-state index contributed by atoms with van der Waals surface area (Å²) in [5.74, 6) is 1.34. The fourth-order valence-electron chi connectivity index (χ4n) is 3.07. The Kier molecular flexibility index (Phi) is 4.71. The summed E-state index contributed by atoms with van der Waals surface area (Å²) >= 11 is 0. The number of amides is 1. The summed E-state index contributed by atoms with van der Waals surface area (Å²) in [5.41, 5.74) is 9.25. The third-order valence-electron chi connectivity index (χ3n) is 4.45. The van der Waals surface area contributed by atoms with Gasteiger partial charge in [0, 0.05) is 13.1 Å². The number of methoxy groups -OCH3 is 2. The quantitative estimate of drug-likeness (QED) is 0.936. The van der Waals surface area contributed by atoms with Crippen LogP contribution >= 0.6 is 0 Å². The van der Waals surface area contributed by atoms with Gasteiger partial charge < -0.3 is 20.1 Å². The highest BCUT2D eigenvalue weighted by molar-refractivity contribution is 5.83. The van der Waals surface area contributed by atoms with Crippen molar-refractivity contribution < 1.29 is 14.3 Å². The van der Waals surface area contributed by atoms with Crippen LogP contribution in [0.3, 0.4) is 0 Å². The first kappa shape index (κ1) is 16.3. The van der Waals surface area contributed by atoms with Crippen LogP contribution in [-0.4, -0.2) is 31.6 Å². The van der Waals surface area contributed by atoms with Crippen LogP contribution in [0.25, 0.3) is 0 Å².